The number of nitrogens with two attached hydrogens (primary N) is 1. The Morgan fingerprint density at radius 3 is 2.77 bits per heavy atom. The van der Waals surface area contributed by atoms with Crippen molar-refractivity contribution >= 4 is 21.9 Å². The summed E-state index contributed by atoms with van der Waals surface area (Å²) in [6.07, 6.45) is -0.935. The Hall–Kier alpha value is -0.920. The van der Waals surface area contributed by atoms with Crippen molar-refractivity contribution in [1.82, 2.24) is 10.2 Å². The van der Waals surface area contributed by atoms with Crippen LogP contribution in [0.4, 0.5) is 0 Å². The predicted octanol–water partition coefficient (Wildman–Crippen LogP) is -0.137. The van der Waals surface area contributed by atoms with E-state index in [0.717, 1.165) is 0 Å². The van der Waals surface area contributed by atoms with Crippen molar-refractivity contribution in [3.05, 3.63) is 15.9 Å². The first-order chi connectivity index (χ1) is 6.07. The van der Waals surface area contributed by atoms with Gasteiger partial charge in [0.1, 0.15) is 6.10 Å². The van der Waals surface area contributed by atoms with Crippen LogP contribution in [0.15, 0.2) is 4.47 Å². The van der Waals surface area contributed by atoms with Gasteiger partial charge in [0.05, 0.1) is 10.2 Å². The number of rotatable bonds is 3. The van der Waals surface area contributed by atoms with Crippen LogP contribution in [0.25, 0.3) is 0 Å². The topological polar surface area (TPSA) is 112 Å². The van der Waals surface area contributed by atoms with Gasteiger partial charge in [-0.3, -0.25) is 5.10 Å². The van der Waals surface area contributed by atoms with Gasteiger partial charge in [0, 0.05) is 6.54 Å². The number of nitrogens with one attached hydrogen (secondary N) is 1. The Labute approximate surface area is 81.9 Å². The zero-order chi connectivity index (χ0) is 10.0. The predicted molar refractivity (Wildman–Crippen MR) is 47.3 cm³/mol. The molecule has 0 bridgehead atoms. The van der Waals surface area contributed by atoms with Crippen molar-refractivity contribution in [2.45, 2.75) is 6.10 Å². The van der Waals surface area contributed by atoms with E-state index < -0.39 is 12.1 Å². The molecule has 6 nitrogen and oxygen atoms in total. The highest BCUT2D eigenvalue weighted by atomic mass is 79.9. The summed E-state index contributed by atoms with van der Waals surface area (Å²) in [6, 6.07) is 0. The van der Waals surface area contributed by atoms with E-state index in [1.54, 1.807) is 0 Å². The van der Waals surface area contributed by atoms with Gasteiger partial charge in [-0.05, 0) is 15.9 Å². The number of aromatic amines is 1. The average Bonchev–Trinajstić information content (AvgIpc) is 2.46. The Morgan fingerprint density at radius 2 is 2.38 bits per heavy atom. The van der Waals surface area contributed by atoms with Crippen LogP contribution in [0.1, 0.15) is 22.3 Å². The van der Waals surface area contributed by atoms with Crippen LogP contribution in [0.2, 0.25) is 0 Å². The van der Waals surface area contributed by atoms with Gasteiger partial charge >= 0.3 is 5.97 Å². The molecule has 0 fully saturated rings. The highest BCUT2D eigenvalue weighted by Gasteiger charge is 2.20. The number of halogens is 1. The first-order valence-electron chi connectivity index (χ1n) is 3.43. The fourth-order valence-electron chi connectivity index (χ4n) is 0.822. The van der Waals surface area contributed by atoms with E-state index in [2.05, 4.69) is 26.1 Å². The van der Waals surface area contributed by atoms with Crippen molar-refractivity contribution in [1.29, 1.82) is 0 Å². The highest BCUT2D eigenvalue weighted by molar-refractivity contribution is 9.10. The Morgan fingerprint density at radius 1 is 1.77 bits per heavy atom. The quantitative estimate of drug-likeness (QED) is 0.596. The number of carboxylic acid groups (broad SMARTS) is 1. The highest BCUT2D eigenvalue weighted by Crippen LogP contribution is 2.23. The molecule has 5 N–H and O–H groups in total. The number of carboxylic acids is 1. The molecule has 0 saturated carbocycles. The number of hydrogen-bond donors (Lipinski definition) is 4. The Bertz CT molecular complexity index is 325. The van der Waals surface area contributed by atoms with E-state index in [1.807, 2.05) is 0 Å². The summed E-state index contributed by atoms with van der Waals surface area (Å²) in [7, 11) is 0. The van der Waals surface area contributed by atoms with Crippen LogP contribution in [0.3, 0.4) is 0 Å². The minimum absolute atomic E-state index is 0.000146. The lowest BCUT2D eigenvalue weighted by atomic mass is 10.2. The van der Waals surface area contributed by atoms with Gasteiger partial charge in [-0.1, -0.05) is 0 Å². The van der Waals surface area contributed by atoms with Crippen molar-refractivity contribution < 1.29 is 15.0 Å². The zero-order valence-corrected chi connectivity index (χ0v) is 8.08. The minimum atomic E-state index is -1.17. The number of aromatic nitrogens is 2. The van der Waals surface area contributed by atoms with E-state index in [0.29, 0.717) is 0 Å². The normalized spacial score (nSPS) is 12.8. The number of H-pyrrole nitrogens is 1. The fraction of sp³-hybridized carbons (Fsp3) is 0.333. The number of aliphatic hydroxyl groups excluding tert-OH is 1. The number of hydrogen-bond acceptors (Lipinski definition) is 4. The van der Waals surface area contributed by atoms with E-state index >= 15 is 0 Å². The summed E-state index contributed by atoms with van der Waals surface area (Å²) in [6.45, 7) is -0.000146. The molecule has 13 heavy (non-hydrogen) atoms. The summed E-state index contributed by atoms with van der Waals surface area (Å²) in [4.78, 5) is 10.5. The van der Waals surface area contributed by atoms with Crippen molar-refractivity contribution in [3.63, 3.8) is 0 Å². The molecule has 0 amide bonds. The number of nitrogens with zero attached hydrogens (tertiary/aromatic N) is 1. The molecule has 1 unspecified atom stereocenters. The number of aliphatic hydroxyl groups is 1. The molecule has 0 aliphatic rings. The summed E-state index contributed by atoms with van der Waals surface area (Å²) in [5.41, 5.74) is 5.31. The maximum atomic E-state index is 10.5. The van der Waals surface area contributed by atoms with Crippen LogP contribution < -0.4 is 5.73 Å². The molecule has 1 aromatic rings. The third-order valence-electron chi connectivity index (χ3n) is 1.49. The molecule has 1 aromatic heterocycles. The molecule has 0 aromatic carbocycles. The van der Waals surface area contributed by atoms with Gasteiger partial charge < -0.3 is 15.9 Å². The second-order valence-electron chi connectivity index (χ2n) is 2.36. The average molecular weight is 250 g/mol. The summed E-state index contributed by atoms with van der Waals surface area (Å²) in [5, 5.41) is 23.8. The van der Waals surface area contributed by atoms with Crippen LogP contribution in [0, 0.1) is 0 Å². The van der Waals surface area contributed by atoms with E-state index in [1.165, 1.54) is 0 Å². The van der Waals surface area contributed by atoms with Gasteiger partial charge in [0.25, 0.3) is 0 Å². The van der Waals surface area contributed by atoms with Crippen LogP contribution in [-0.2, 0) is 0 Å². The largest absolute Gasteiger partial charge is 0.476 e. The van der Waals surface area contributed by atoms with Crippen LogP contribution in [-0.4, -0.2) is 32.9 Å². The molecule has 7 heteroatoms. The number of carbonyl (C=O) groups is 1. The monoisotopic (exact) mass is 249 g/mol. The zero-order valence-electron chi connectivity index (χ0n) is 6.49. The second kappa shape index (κ2) is 3.86. The van der Waals surface area contributed by atoms with Gasteiger partial charge in [-0.25, -0.2) is 4.79 Å². The molecule has 1 rings (SSSR count). The van der Waals surface area contributed by atoms with E-state index in [-0.39, 0.29) is 22.4 Å². The Balaban J connectivity index is 3.06. The molecular weight excluding hydrogens is 242 g/mol. The summed E-state index contributed by atoms with van der Waals surface area (Å²) in [5.74, 6) is -1.17. The maximum absolute atomic E-state index is 10.5. The van der Waals surface area contributed by atoms with Crippen molar-refractivity contribution in [3.8, 4) is 0 Å². The SMILES string of the molecule is NCC(O)c1[nH]nc(C(=O)O)c1Br. The lowest BCUT2D eigenvalue weighted by molar-refractivity contribution is 0.0689. The lowest BCUT2D eigenvalue weighted by Crippen LogP contribution is -2.12. The van der Waals surface area contributed by atoms with Gasteiger partial charge in [-0.15, -0.1) is 0 Å². The molecule has 0 aliphatic carbocycles. The third kappa shape index (κ3) is 1.87. The van der Waals surface area contributed by atoms with Crippen molar-refractivity contribution in [2.24, 2.45) is 5.73 Å². The Kier molecular flexibility index (Phi) is 3.02. The third-order valence-corrected chi connectivity index (χ3v) is 2.29. The van der Waals surface area contributed by atoms with E-state index in [9.17, 15) is 9.90 Å². The summed E-state index contributed by atoms with van der Waals surface area (Å²) < 4.78 is 0.234. The second-order valence-corrected chi connectivity index (χ2v) is 3.15. The van der Waals surface area contributed by atoms with Crippen molar-refractivity contribution in [2.75, 3.05) is 6.54 Å². The molecule has 0 aliphatic heterocycles. The maximum Gasteiger partial charge on any atom is 0.357 e. The van der Waals surface area contributed by atoms with Crippen LogP contribution in [0.5, 0.6) is 0 Å². The van der Waals surface area contributed by atoms with Gasteiger partial charge in [-0.2, -0.15) is 5.10 Å². The lowest BCUT2D eigenvalue weighted by Gasteiger charge is -2.03. The number of aromatic carboxylic acids is 1. The summed E-state index contributed by atoms with van der Waals surface area (Å²) >= 11 is 3.00. The fourth-order valence-corrected chi connectivity index (χ4v) is 1.43. The molecule has 1 atom stereocenters. The molecule has 0 spiro atoms. The minimum Gasteiger partial charge on any atom is -0.476 e. The van der Waals surface area contributed by atoms with E-state index in [4.69, 9.17) is 10.8 Å². The molecule has 0 radical (unpaired) electrons. The van der Waals surface area contributed by atoms with Gasteiger partial charge in [0.15, 0.2) is 5.69 Å². The smallest absolute Gasteiger partial charge is 0.357 e. The standard InChI is InChI=1S/C6H8BrN3O3/c7-3-4(2(11)1-8)9-10-5(3)6(12)13/h2,11H,1,8H2,(H,9,10)(H,12,13). The molecule has 0 saturated heterocycles. The van der Waals surface area contributed by atoms with Gasteiger partial charge in [0.2, 0.25) is 0 Å². The molecular formula is C6H8BrN3O3. The molecule has 72 valence electrons. The molecule has 1 heterocycles. The first-order valence-corrected chi connectivity index (χ1v) is 4.22. The first kappa shape index (κ1) is 10.2. The van der Waals surface area contributed by atoms with Crippen LogP contribution >= 0.6 is 15.9 Å².